The Morgan fingerprint density at radius 2 is 2.21 bits per heavy atom. The highest BCUT2D eigenvalue weighted by molar-refractivity contribution is 6.32. The van der Waals surface area contributed by atoms with Gasteiger partial charge in [-0.2, -0.15) is 5.10 Å². The second kappa shape index (κ2) is 6.39. The lowest BCUT2D eigenvalue weighted by Crippen LogP contribution is -2.33. The van der Waals surface area contributed by atoms with E-state index in [0.29, 0.717) is 11.7 Å². The smallest absolute Gasteiger partial charge is 0.287 e. The Hall–Kier alpha value is -1.07. The minimum atomic E-state index is -0.268. The van der Waals surface area contributed by atoms with Gasteiger partial charge in [0.25, 0.3) is 5.56 Å². The van der Waals surface area contributed by atoms with E-state index >= 15 is 0 Å². The highest BCUT2D eigenvalue weighted by Crippen LogP contribution is 2.22. The van der Waals surface area contributed by atoms with Crippen molar-refractivity contribution in [1.29, 1.82) is 0 Å². The molecule has 2 rings (SSSR count). The SMILES string of the molecule is CN(CCNc1cnn(C)c(=O)c1Cl)C1CCCC1. The van der Waals surface area contributed by atoms with Crippen molar-refractivity contribution in [2.75, 3.05) is 25.5 Å². The van der Waals surface area contributed by atoms with Gasteiger partial charge in [-0.15, -0.1) is 0 Å². The second-order valence-electron chi connectivity index (χ2n) is 5.15. The van der Waals surface area contributed by atoms with Gasteiger partial charge in [-0.05, 0) is 19.9 Å². The van der Waals surface area contributed by atoms with Crippen LogP contribution in [0.1, 0.15) is 25.7 Å². The van der Waals surface area contributed by atoms with Crippen LogP contribution in [-0.4, -0.2) is 40.9 Å². The third kappa shape index (κ3) is 3.48. The normalized spacial score (nSPS) is 16.2. The monoisotopic (exact) mass is 284 g/mol. The van der Waals surface area contributed by atoms with Gasteiger partial charge in [0.2, 0.25) is 0 Å². The van der Waals surface area contributed by atoms with Crippen LogP contribution in [0.15, 0.2) is 11.0 Å². The van der Waals surface area contributed by atoms with Crippen LogP contribution in [-0.2, 0) is 7.05 Å². The van der Waals surface area contributed by atoms with E-state index in [1.54, 1.807) is 13.2 Å². The number of hydrogen-bond acceptors (Lipinski definition) is 4. The summed E-state index contributed by atoms with van der Waals surface area (Å²) >= 11 is 5.99. The van der Waals surface area contributed by atoms with Gasteiger partial charge in [-0.3, -0.25) is 4.79 Å². The number of rotatable bonds is 5. The number of likely N-dealkylation sites (N-methyl/N-ethyl adjacent to an activating group) is 1. The highest BCUT2D eigenvalue weighted by atomic mass is 35.5. The summed E-state index contributed by atoms with van der Waals surface area (Å²) in [5.41, 5.74) is 0.348. The molecule has 0 spiro atoms. The van der Waals surface area contributed by atoms with Crippen molar-refractivity contribution in [3.8, 4) is 0 Å². The van der Waals surface area contributed by atoms with E-state index in [1.165, 1.54) is 30.4 Å². The lowest BCUT2D eigenvalue weighted by Gasteiger charge is -2.24. The van der Waals surface area contributed by atoms with Crippen LogP contribution in [0.4, 0.5) is 5.69 Å². The fourth-order valence-corrected chi connectivity index (χ4v) is 2.77. The molecule has 0 radical (unpaired) electrons. The first-order chi connectivity index (χ1) is 9.09. The van der Waals surface area contributed by atoms with E-state index in [1.807, 2.05) is 0 Å². The van der Waals surface area contributed by atoms with Gasteiger partial charge in [0, 0.05) is 26.2 Å². The predicted molar refractivity (Wildman–Crippen MR) is 77.9 cm³/mol. The summed E-state index contributed by atoms with van der Waals surface area (Å²) in [5, 5.41) is 7.35. The summed E-state index contributed by atoms with van der Waals surface area (Å²) in [4.78, 5) is 14.0. The van der Waals surface area contributed by atoms with Gasteiger partial charge in [0.15, 0.2) is 0 Å². The van der Waals surface area contributed by atoms with Crippen molar-refractivity contribution < 1.29 is 0 Å². The van der Waals surface area contributed by atoms with Gasteiger partial charge in [0.05, 0.1) is 11.9 Å². The quantitative estimate of drug-likeness (QED) is 0.894. The molecule has 1 saturated carbocycles. The Balaban J connectivity index is 1.85. The molecule has 1 aliphatic rings. The van der Waals surface area contributed by atoms with E-state index in [2.05, 4.69) is 22.4 Å². The fraction of sp³-hybridized carbons (Fsp3) is 0.692. The van der Waals surface area contributed by atoms with Gasteiger partial charge >= 0.3 is 0 Å². The largest absolute Gasteiger partial charge is 0.381 e. The number of nitrogens with zero attached hydrogens (tertiary/aromatic N) is 3. The summed E-state index contributed by atoms with van der Waals surface area (Å²) in [6, 6.07) is 0.707. The van der Waals surface area contributed by atoms with Crippen LogP contribution < -0.4 is 10.9 Å². The number of hydrogen-bond donors (Lipinski definition) is 1. The molecule has 1 aromatic heterocycles. The number of anilines is 1. The molecule has 0 aliphatic heterocycles. The summed E-state index contributed by atoms with van der Waals surface area (Å²) in [6.45, 7) is 1.71. The molecule has 5 nitrogen and oxygen atoms in total. The van der Waals surface area contributed by atoms with Crippen molar-refractivity contribution in [2.24, 2.45) is 7.05 Å². The number of aryl methyl sites for hydroxylation is 1. The van der Waals surface area contributed by atoms with Crippen molar-refractivity contribution in [3.05, 3.63) is 21.6 Å². The molecule has 1 N–H and O–H groups in total. The standard InChI is InChI=1S/C13H21ClN4O/c1-17(10-5-3-4-6-10)8-7-15-11-9-16-18(2)13(19)12(11)14/h9-10,15H,3-8H2,1-2H3. The molecule has 106 valence electrons. The average molecular weight is 285 g/mol. The summed E-state index contributed by atoms with van der Waals surface area (Å²) in [5.74, 6) is 0. The molecular formula is C13H21ClN4O. The fourth-order valence-electron chi connectivity index (χ4n) is 2.53. The highest BCUT2D eigenvalue weighted by Gasteiger charge is 2.18. The first-order valence-corrected chi connectivity index (χ1v) is 7.13. The zero-order valence-corrected chi connectivity index (χ0v) is 12.3. The second-order valence-corrected chi connectivity index (χ2v) is 5.52. The number of aromatic nitrogens is 2. The van der Waals surface area contributed by atoms with Crippen molar-refractivity contribution in [1.82, 2.24) is 14.7 Å². The zero-order chi connectivity index (χ0) is 13.8. The van der Waals surface area contributed by atoms with Crippen LogP contribution in [0.25, 0.3) is 0 Å². The third-order valence-electron chi connectivity index (χ3n) is 3.81. The Morgan fingerprint density at radius 3 is 2.89 bits per heavy atom. The van der Waals surface area contributed by atoms with Crippen molar-refractivity contribution >= 4 is 17.3 Å². The topological polar surface area (TPSA) is 50.2 Å². The molecule has 0 saturated heterocycles. The van der Waals surface area contributed by atoms with Gasteiger partial charge in [-0.1, -0.05) is 24.4 Å². The maximum Gasteiger partial charge on any atom is 0.287 e. The zero-order valence-electron chi connectivity index (χ0n) is 11.5. The lowest BCUT2D eigenvalue weighted by atomic mass is 10.2. The molecule has 0 atom stereocenters. The molecule has 0 amide bonds. The lowest BCUT2D eigenvalue weighted by molar-refractivity contribution is 0.254. The molecule has 0 unspecified atom stereocenters. The molecule has 0 aromatic carbocycles. The van der Waals surface area contributed by atoms with Crippen LogP contribution in [0.2, 0.25) is 5.02 Å². The number of halogens is 1. The van der Waals surface area contributed by atoms with Gasteiger partial charge in [0.1, 0.15) is 5.02 Å². The summed E-state index contributed by atoms with van der Waals surface area (Å²) in [7, 11) is 3.74. The molecular weight excluding hydrogens is 264 g/mol. The Bertz CT molecular complexity index is 482. The Labute approximate surface area is 118 Å². The van der Waals surface area contributed by atoms with Crippen molar-refractivity contribution in [2.45, 2.75) is 31.7 Å². The van der Waals surface area contributed by atoms with Gasteiger partial charge < -0.3 is 10.2 Å². The molecule has 0 bridgehead atoms. The molecule has 19 heavy (non-hydrogen) atoms. The van der Waals surface area contributed by atoms with Crippen LogP contribution in [0.5, 0.6) is 0 Å². The van der Waals surface area contributed by atoms with Crippen LogP contribution in [0, 0.1) is 0 Å². The van der Waals surface area contributed by atoms with E-state index in [-0.39, 0.29) is 10.6 Å². The minimum Gasteiger partial charge on any atom is -0.381 e. The van der Waals surface area contributed by atoms with E-state index in [4.69, 9.17) is 11.6 Å². The third-order valence-corrected chi connectivity index (χ3v) is 4.17. The first-order valence-electron chi connectivity index (χ1n) is 6.75. The summed E-state index contributed by atoms with van der Waals surface area (Å²) < 4.78 is 1.23. The van der Waals surface area contributed by atoms with Gasteiger partial charge in [-0.25, -0.2) is 4.68 Å². The average Bonchev–Trinajstić information content (AvgIpc) is 2.92. The Kier molecular flexibility index (Phi) is 4.82. The van der Waals surface area contributed by atoms with Crippen LogP contribution in [0.3, 0.4) is 0 Å². The molecule has 6 heteroatoms. The molecule has 1 aromatic rings. The molecule has 1 heterocycles. The minimum absolute atomic E-state index is 0.209. The number of nitrogens with one attached hydrogen (secondary N) is 1. The van der Waals surface area contributed by atoms with E-state index < -0.39 is 0 Å². The molecule has 1 fully saturated rings. The first kappa shape index (κ1) is 14.3. The predicted octanol–water partition coefficient (Wildman–Crippen LogP) is 1.72. The summed E-state index contributed by atoms with van der Waals surface area (Å²) in [6.07, 6.45) is 6.87. The maximum atomic E-state index is 11.6. The van der Waals surface area contributed by atoms with Crippen LogP contribution >= 0.6 is 11.6 Å². The van der Waals surface area contributed by atoms with Crippen molar-refractivity contribution in [3.63, 3.8) is 0 Å². The maximum absolute atomic E-state index is 11.6. The van der Waals surface area contributed by atoms with E-state index in [9.17, 15) is 4.79 Å². The molecule has 1 aliphatic carbocycles. The van der Waals surface area contributed by atoms with E-state index in [0.717, 1.165) is 13.1 Å². The Morgan fingerprint density at radius 1 is 1.53 bits per heavy atom.